The molecule has 0 atom stereocenters. The van der Waals surface area contributed by atoms with Crippen LogP contribution in [-0.4, -0.2) is 16.3 Å². The number of nitrogens with two attached hydrogens (primary N) is 1. The van der Waals surface area contributed by atoms with Crippen LogP contribution in [0.1, 0.15) is 5.69 Å². The largest absolute Gasteiger partial charge is 0.330 e. The van der Waals surface area contributed by atoms with Crippen molar-refractivity contribution in [1.82, 2.24) is 9.78 Å². The maximum atomic E-state index is 13.1. The lowest BCUT2D eigenvalue weighted by molar-refractivity contribution is 0.628. The summed E-state index contributed by atoms with van der Waals surface area (Å²) in [5, 5.41) is 4.32. The fourth-order valence-electron chi connectivity index (χ4n) is 1.71. The lowest BCUT2D eigenvalue weighted by Crippen LogP contribution is -2.03. The van der Waals surface area contributed by atoms with Crippen LogP contribution in [0, 0.1) is 5.82 Å². The van der Waals surface area contributed by atoms with Gasteiger partial charge in [-0.3, -0.25) is 4.68 Å². The van der Waals surface area contributed by atoms with Gasteiger partial charge in [0.05, 0.1) is 11.4 Å². The van der Waals surface area contributed by atoms with Gasteiger partial charge in [0.15, 0.2) is 0 Å². The van der Waals surface area contributed by atoms with Gasteiger partial charge in [-0.1, -0.05) is 12.1 Å². The number of benzene rings is 1. The standard InChI is InChI=1S/C12H14FN3/c1-16-12(8-11(15-16)5-6-14)9-3-2-4-10(13)7-9/h2-4,7-8H,5-6,14H2,1H3. The maximum absolute atomic E-state index is 13.1. The van der Waals surface area contributed by atoms with Gasteiger partial charge < -0.3 is 5.73 Å². The second-order valence-electron chi connectivity index (χ2n) is 3.69. The van der Waals surface area contributed by atoms with E-state index < -0.39 is 0 Å². The summed E-state index contributed by atoms with van der Waals surface area (Å²) in [7, 11) is 1.85. The Bertz CT molecular complexity index is 491. The van der Waals surface area contributed by atoms with E-state index >= 15 is 0 Å². The van der Waals surface area contributed by atoms with Crippen LogP contribution in [0.3, 0.4) is 0 Å². The number of aryl methyl sites for hydroxylation is 1. The predicted molar refractivity (Wildman–Crippen MR) is 61.4 cm³/mol. The van der Waals surface area contributed by atoms with Gasteiger partial charge in [0.1, 0.15) is 5.82 Å². The van der Waals surface area contributed by atoms with Crippen molar-refractivity contribution in [3.63, 3.8) is 0 Å². The topological polar surface area (TPSA) is 43.8 Å². The van der Waals surface area contributed by atoms with Crippen molar-refractivity contribution >= 4 is 0 Å². The van der Waals surface area contributed by atoms with E-state index in [9.17, 15) is 4.39 Å². The van der Waals surface area contributed by atoms with Gasteiger partial charge >= 0.3 is 0 Å². The minimum atomic E-state index is -0.237. The van der Waals surface area contributed by atoms with Gasteiger partial charge in [-0.05, 0) is 24.7 Å². The van der Waals surface area contributed by atoms with Crippen molar-refractivity contribution in [2.24, 2.45) is 12.8 Å². The molecule has 1 heterocycles. The highest BCUT2D eigenvalue weighted by atomic mass is 19.1. The Labute approximate surface area is 93.7 Å². The molecule has 0 unspecified atom stereocenters. The quantitative estimate of drug-likeness (QED) is 0.854. The van der Waals surface area contributed by atoms with Crippen LogP contribution in [0.25, 0.3) is 11.3 Å². The van der Waals surface area contributed by atoms with Crippen LogP contribution in [0.15, 0.2) is 30.3 Å². The van der Waals surface area contributed by atoms with E-state index in [0.29, 0.717) is 6.54 Å². The first-order valence-corrected chi connectivity index (χ1v) is 5.19. The highest BCUT2D eigenvalue weighted by Crippen LogP contribution is 2.20. The van der Waals surface area contributed by atoms with E-state index in [2.05, 4.69) is 5.10 Å². The van der Waals surface area contributed by atoms with Gasteiger partial charge in [-0.25, -0.2) is 4.39 Å². The summed E-state index contributed by atoms with van der Waals surface area (Å²) in [5.74, 6) is -0.237. The molecule has 1 aromatic heterocycles. The van der Waals surface area contributed by atoms with Crippen LogP contribution < -0.4 is 5.73 Å². The molecule has 2 N–H and O–H groups in total. The van der Waals surface area contributed by atoms with Crippen molar-refractivity contribution in [3.8, 4) is 11.3 Å². The fraction of sp³-hybridized carbons (Fsp3) is 0.250. The molecule has 1 aromatic carbocycles. The molecule has 0 amide bonds. The second kappa shape index (κ2) is 4.45. The Morgan fingerprint density at radius 1 is 1.38 bits per heavy atom. The van der Waals surface area contributed by atoms with Crippen molar-refractivity contribution in [3.05, 3.63) is 41.8 Å². The Hall–Kier alpha value is -1.68. The first kappa shape index (κ1) is 10.8. The first-order chi connectivity index (χ1) is 7.70. The molecule has 16 heavy (non-hydrogen) atoms. The number of nitrogens with zero attached hydrogens (tertiary/aromatic N) is 2. The van der Waals surface area contributed by atoms with Gasteiger partial charge in [-0.2, -0.15) is 5.10 Å². The van der Waals surface area contributed by atoms with E-state index in [4.69, 9.17) is 5.73 Å². The predicted octanol–water partition coefficient (Wildman–Crippen LogP) is 1.73. The Balaban J connectivity index is 2.40. The average Bonchev–Trinajstić information content (AvgIpc) is 2.60. The molecule has 0 spiro atoms. The molecule has 0 saturated heterocycles. The normalized spacial score (nSPS) is 10.7. The maximum Gasteiger partial charge on any atom is 0.123 e. The smallest absolute Gasteiger partial charge is 0.123 e. The van der Waals surface area contributed by atoms with Crippen LogP contribution in [0.4, 0.5) is 4.39 Å². The highest BCUT2D eigenvalue weighted by Gasteiger charge is 2.07. The molecule has 0 aliphatic rings. The monoisotopic (exact) mass is 219 g/mol. The Morgan fingerprint density at radius 3 is 2.88 bits per heavy atom. The summed E-state index contributed by atoms with van der Waals surface area (Å²) in [6.45, 7) is 0.569. The Kier molecular flexibility index (Phi) is 3.01. The minimum Gasteiger partial charge on any atom is -0.330 e. The number of rotatable bonds is 3. The third-order valence-electron chi connectivity index (χ3n) is 2.45. The van der Waals surface area contributed by atoms with Gasteiger partial charge in [0.2, 0.25) is 0 Å². The average molecular weight is 219 g/mol. The summed E-state index contributed by atoms with van der Waals surface area (Å²) in [5.41, 5.74) is 8.15. The zero-order valence-corrected chi connectivity index (χ0v) is 9.15. The second-order valence-corrected chi connectivity index (χ2v) is 3.69. The number of hydrogen-bond donors (Lipinski definition) is 1. The number of aromatic nitrogens is 2. The summed E-state index contributed by atoms with van der Waals surface area (Å²) in [6.07, 6.45) is 0.739. The van der Waals surface area contributed by atoms with Crippen LogP contribution in [-0.2, 0) is 13.5 Å². The summed E-state index contributed by atoms with van der Waals surface area (Å²) < 4.78 is 14.8. The van der Waals surface area contributed by atoms with E-state index in [1.54, 1.807) is 10.7 Å². The molecule has 0 aliphatic carbocycles. The highest BCUT2D eigenvalue weighted by molar-refractivity contribution is 5.59. The third kappa shape index (κ3) is 2.12. The molecule has 0 saturated carbocycles. The summed E-state index contributed by atoms with van der Waals surface area (Å²) in [6, 6.07) is 8.44. The summed E-state index contributed by atoms with van der Waals surface area (Å²) >= 11 is 0. The van der Waals surface area contributed by atoms with E-state index in [1.165, 1.54) is 12.1 Å². The summed E-state index contributed by atoms with van der Waals surface area (Å²) in [4.78, 5) is 0. The van der Waals surface area contributed by atoms with E-state index in [-0.39, 0.29) is 5.82 Å². The van der Waals surface area contributed by atoms with Crippen LogP contribution >= 0.6 is 0 Å². The lowest BCUT2D eigenvalue weighted by Gasteiger charge is -2.00. The SMILES string of the molecule is Cn1nc(CCN)cc1-c1cccc(F)c1. The lowest BCUT2D eigenvalue weighted by atomic mass is 10.1. The number of hydrogen-bond acceptors (Lipinski definition) is 2. The van der Waals surface area contributed by atoms with Gasteiger partial charge in [0, 0.05) is 19.0 Å². The zero-order valence-electron chi connectivity index (χ0n) is 9.15. The Morgan fingerprint density at radius 2 is 2.19 bits per heavy atom. The van der Waals surface area contributed by atoms with Crippen LogP contribution in [0.2, 0.25) is 0 Å². The first-order valence-electron chi connectivity index (χ1n) is 5.19. The van der Waals surface area contributed by atoms with Crippen LogP contribution in [0.5, 0.6) is 0 Å². The van der Waals surface area contributed by atoms with Crippen molar-refractivity contribution in [2.75, 3.05) is 6.54 Å². The molecule has 2 rings (SSSR count). The van der Waals surface area contributed by atoms with E-state index in [0.717, 1.165) is 23.4 Å². The fourth-order valence-corrected chi connectivity index (χ4v) is 1.71. The molecule has 0 bridgehead atoms. The number of halogens is 1. The molecule has 3 nitrogen and oxygen atoms in total. The zero-order chi connectivity index (χ0) is 11.5. The van der Waals surface area contributed by atoms with Gasteiger partial charge in [-0.15, -0.1) is 0 Å². The van der Waals surface area contributed by atoms with Crippen molar-refractivity contribution in [2.45, 2.75) is 6.42 Å². The molecular formula is C12H14FN3. The van der Waals surface area contributed by atoms with Crippen molar-refractivity contribution < 1.29 is 4.39 Å². The molecule has 4 heteroatoms. The molecule has 84 valence electrons. The molecule has 0 radical (unpaired) electrons. The molecule has 2 aromatic rings. The molecule has 0 fully saturated rings. The van der Waals surface area contributed by atoms with Gasteiger partial charge in [0.25, 0.3) is 0 Å². The van der Waals surface area contributed by atoms with E-state index in [1.807, 2.05) is 19.2 Å². The molecular weight excluding hydrogens is 205 g/mol. The molecule has 0 aliphatic heterocycles. The minimum absolute atomic E-state index is 0.237. The third-order valence-corrected chi connectivity index (χ3v) is 2.45. The van der Waals surface area contributed by atoms with Crippen molar-refractivity contribution in [1.29, 1.82) is 0 Å².